The molecule has 1 N–H and O–H groups in total. The number of hydrogen-bond acceptors (Lipinski definition) is 4. The molecule has 1 aliphatic rings. The van der Waals surface area contributed by atoms with E-state index >= 15 is 0 Å². The zero-order valence-corrected chi connectivity index (χ0v) is 14.5. The van der Waals surface area contributed by atoms with E-state index in [9.17, 15) is 4.79 Å². The Hall–Kier alpha value is -2.14. The predicted octanol–water partition coefficient (Wildman–Crippen LogP) is 3.47. The number of carbonyl (C=O) groups excluding carboxylic acids is 1. The van der Waals surface area contributed by atoms with Gasteiger partial charge in [-0.3, -0.25) is 4.79 Å². The molecule has 0 aromatic heterocycles. The summed E-state index contributed by atoms with van der Waals surface area (Å²) in [4.78, 5) is 13.1. The summed E-state index contributed by atoms with van der Waals surface area (Å²) < 4.78 is 11.1. The van der Waals surface area contributed by atoms with E-state index in [-0.39, 0.29) is 5.91 Å². The van der Waals surface area contributed by atoms with Crippen molar-refractivity contribution in [3.63, 3.8) is 0 Å². The number of carbonyl (C=O) groups is 1. The Morgan fingerprint density at radius 1 is 1.12 bits per heavy atom. The van der Waals surface area contributed by atoms with Gasteiger partial charge in [-0.1, -0.05) is 37.3 Å². The van der Waals surface area contributed by atoms with Gasteiger partial charge < -0.3 is 14.8 Å². The summed E-state index contributed by atoms with van der Waals surface area (Å²) in [6, 6.07) is 16.0. The van der Waals surface area contributed by atoms with Crippen molar-refractivity contribution >= 4 is 17.7 Å². The van der Waals surface area contributed by atoms with Crippen molar-refractivity contribution in [2.75, 3.05) is 25.5 Å². The van der Waals surface area contributed by atoms with Gasteiger partial charge in [-0.15, -0.1) is 11.8 Å². The number of benzene rings is 2. The number of amides is 1. The molecular formula is C19H21NO3S. The predicted molar refractivity (Wildman–Crippen MR) is 96.0 cm³/mol. The maximum atomic E-state index is 12.1. The monoisotopic (exact) mass is 343 g/mol. The maximum Gasteiger partial charge on any atom is 0.230 e. The average molecular weight is 343 g/mol. The molecular weight excluding hydrogens is 322 g/mol. The first-order chi connectivity index (χ1) is 11.7. The fourth-order valence-corrected chi connectivity index (χ4v) is 3.23. The molecule has 0 spiro atoms. The standard InChI is InChI=1S/C19H21NO3S/c1-14(15-5-3-2-4-6-15)12-20-19(21)13-24-16-7-8-17-18(11-16)23-10-9-22-17/h2-8,11,14H,9-10,12-13H2,1H3,(H,20,21). The molecule has 1 unspecified atom stereocenters. The van der Waals surface area contributed by atoms with Crippen molar-refractivity contribution in [2.45, 2.75) is 17.7 Å². The van der Waals surface area contributed by atoms with Gasteiger partial charge in [-0.05, 0) is 29.7 Å². The Morgan fingerprint density at radius 2 is 1.88 bits per heavy atom. The third-order valence-electron chi connectivity index (χ3n) is 3.86. The normalized spacial score (nSPS) is 14.0. The van der Waals surface area contributed by atoms with Crippen molar-refractivity contribution < 1.29 is 14.3 Å². The summed E-state index contributed by atoms with van der Waals surface area (Å²) >= 11 is 1.50. The Balaban J connectivity index is 1.46. The van der Waals surface area contributed by atoms with Crippen LogP contribution >= 0.6 is 11.8 Å². The van der Waals surface area contributed by atoms with Gasteiger partial charge in [0.05, 0.1) is 5.75 Å². The third kappa shape index (κ3) is 4.45. The fraction of sp³-hybridized carbons (Fsp3) is 0.316. The van der Waals surface area contributed by atoms with E-state index in [1.807, 2.05) is 36.4 Å². The molecule has 1 atom stereocenters. The largest absolute Gasteiger partial charge is 0.486 e. The van der Waals surface area contributed by atoms with Crippen molar-refractivity contribution in [1.29, 1.82) is 0 Å². The molecule has 1 aliphatic heterocycles. The second-order valence-corrected chi connectivity index (χ2v) is 6.76. The van der Waals surface area contributed by atoms with Gasteiger partial charge in [0.25, 0.3) is 0 Å². The molecule has 24 heavy (non-hydrogen) atoms. The van der Waals surface area contributed by atoms with Crippen molar-refractivity contribution in [3.05, 3.63) is 54.1 Å². The van der Waals surface area contributed by atoms with Crippen LogP contribution in [-0.4, -0.2) is 31.4 Å². The molecule has 5 heteroatoms. The molecule has 0 aliphatic carbocycles. The minimum absolute atomic E-state index is 0.0395. The Bertz CT molecular complexity index is 690. The highest BCUT2D eigenvalue weighted by Crippen LogP contribution is 2.34. The van der Waals surface area contributed by atoms with Crippen LogP contribution in [0.4, 0.5) is 0 Å². The van der Waals surface area contributed by atoms with E-state index in [0.717, 1.165) is 16.4 Å². The van der Waals surface area contributed by atoms with Crippen LogP contribution in [0.2, 0.25) is 0 Å². The van der Waals surface area contributed by atoms with Crippen LogP contribution in [0.5, 0.6) is 11.5 Å². The molecule has 126 valence electrons. The summed E-state index contributed by atoms with van der Waals surface area (Å²) in [7, 11) is 0. The van der Waals surface area contributed by atoms with Gasteiger partial charge >= 0.3 is 0 Å². The third-order valence-corrected chi connectivity index (χ3v) is 4.85. The van der Waals surface area contributed by atoms with E-state index < -0.39 is 0 Å². The molecule has 2 aromatic rings. The fourth-order valence-electron chi connectivity index (χ4n) is 2.48. The summed E-state index contributed by atoms with van der Waals surface area (Å²) in [5.41, 5.74) is 1.23. The number of rotatable bonds is 6. The summed E-state index contributed by atoms with van der Waals surface area (Å²) in [6.07, 6.45) is 0. The summed E-state index contributed by atoms with van der Waals surface area (Å²) in [6.45, 7) is 3.91. The quantitative estimate of drug-likeness (QED) is 0.816. The Labute approximate surface area is 146 Å². The van der Waals surface area contributed by atoms with Gasteiger partial charge in [-0.2, -0.15) is 0 Å². The van der Waals surface area contributed by atoms with Gasteiger partial charge in [0.1, 0.15) is 13.2 Å². The second-order valence-electron chi connectivity index (χ2n) is 5.71. The van der Waals surface area contributed by atoms with E-state index in [1.165, 1.54) is 17.3 Å². The van der Waals surface area contributed by atoms with Crippen molar-refractivity contribution in [3.8, 4) is 11.5 Å². The lowest BCUT2D eigenvalue weighted by molar-refractivity contribution is -0.118. The number of thioether (sulfide) groups is 1. The van der Waals surface area contributed by atoms with Gasteiger partial charge in [-0.25, -0.2) is 0 Å². The van der Waals surface area contributed by atoms with Crippen LogP contribution < -0.4 is 14.8 Å². The summed E-state index contributed by atoms with van der Waals surface area (Å²) in [5.74, 6) is 2.25. The zero-order valence-electron chi connectivity index (χ0n) is 13.7. The molecule has 0 fully saturated rings. The lowest BCUT2D eigenvalue weighted by atomic mass is 10.0. The van der Waals surface area contributed by atoms with Crippen LogP contribution in [-0.2, 0) is 4.79 Å². The van der Waals surface area contributed by atoms with Gasteiger partial charge in [0.2, 0.25) is 5.91 Å². The van der Waals surface area contributed by atoms with Crippen molar-refractivity contribution in [1.82, 2.24) is 5.32 Å². The Morgan fingerprint density at radius 3 is 2.67 bits per heavy atom. The lowest BCUT2D eigenvalue weighted by Crippen LogP contribution is -2.28. The maximum absolute atomic E-state index is 12.1. The molecule has 0 radical (unpaired) electrons. The molecule has 0 saturated carbocycles. The minimum Gasteiger partial charge on any atom is -0.486 e. The van der Waals surface area contributed by atoms with E-state index in [2.05, 4.69) is 24.4 Å². The molecule has 1 heterocycles. The minimum atomic E-state index is 0.0395. The van der Waals surface area contributed by atoms with Crippen LogP contribution in [0.25, 0.3) is 0 Å². The first kappa shape index (κ1) is 16.7. The number of fused-ring (bicyclic) bond motifs is 1. The first-order valence-electron chi connectivity index (χ1n) is 8.06. The molecule has 1 amide bonds. The first-order valence-corrected chi connectivity index (χ1v) is 9.05. The zero-order chi connectivity index (χ0) is 16.8. The molecule has 0 bridgehead atoms. The van der Waals surface area contributed by atoms with Gasteiger partial charge in [0.15, 0.2) is 11.5 Å². The summed E-state index contributed by atoms with van der Waals surface area (Å²) in [5, 5.41) is 3.00. The molecule has 3 rings (SSSR count). The van der Waals surface area contributed by atoms with Crippen LogP contribution in [0.3, 0.4) is 0 Å². The highest BCUT2D eigenvalue weighted by molar-refractivity contribution is 8.00. The van der Waals surface area contributed by atoms with E-state index in [1.54, 1.807) is 0 Å². The van der Waals surface area contributed by atoms with E-state index in [4.69, 9.17) is 9.47 Å². The second kappa shape index (κ2) is 8.11. The molecule has 4 nitrogen and oxygen atoms in total. The smallest absolute Gasteiger partial charge is 0.230 e. The lowest BCUT2D eigenvalue weighted by Gasteiger charge is -2.18. The van der Waals surface area contributed by atoms with E-state index in [0.29, 0.717) is 31.4 Å². The van der Waals surface area contributed by atoms with Crippen LogP contribution in [0.15, 0.2) is 53.4 Å². The number of nitrogens with one attached hydrogen (secondary N) is 1. The number of hydrogen-bond donors (Lipinski definition) is 1. The SMILES string of the molecule is CC(CNC(=O)CSc1ccc2c(c1)OCCO2)c1ccccc1. The highest BCUT2D eigenvalue weighted by atomic mass is 32.2. The Kier molecular flexibility index (Phi) is 5.64. The molecule has 0 saturated heterocycles. The topological polar surface area (TPSA) is 47.6 Å². The van der Waals surface area contributed by atoms with Crippen LogP contribution in [0, 0.1) is 0 Å². The number of ether oxygens (including phenoxy) is 2. The van der Waals surface area contributed by atoms with Crippen molar-refractivity contribution in [2.24, 2.45) is 0 Å². The average Bonchev–Trinajstić information content (AvgIpc) is 2.65. The molecule has 2 aromatic carbocycles. The van der Waals surface area contributed by atoms with Gasteiger partial charge in [0, 0.05) is 11.4 Å². The highest BCUT2D eigenvalue weighted by Gasteiger charge is 2.13. The van der Waals surface area contributed by atoms with Crippen LogP contribution in [0.1, 0.15) is 18.4 Å².